The molecule has 3 unspecified atom stereocenters. The van der Waals surface area contributed by atoms with Gasteiger partial charge < -0.3 is 20.5 Å². The largest absolute Gasteiger partial charge is 0.377 e. The lowest BCUT2D eigenvalue weighted by Gasteiger charge is -2.29. The molecule has 0 bridgehead atoms. The van der Waals surface area contributed by atoms with E-state index in [0.717, 1.165) is 32.6 Å². The minimum Gasteiger partial charge on any atom is -0.377 e. The molecule has 0 radical (unpaired) electrons. The summed E-state index contributed by atoms with van der Waals surface area (Å²) >= 11 is 0. The van der Waals surface area contributed by atoms with Gasteiger partial charge in [0.05, 0.1) is 17.7 Å². The van der Waals surface area contributed by atoms with Gasteiger partial charge in [0.15, 0.2) is 0 Å². The fourth-order valence-corrected chi connectivity index (χ4v) is 2.54. The Kier molecular flexibility index (Phi) is 6.88. The minimum absolute atomic E-state index is 0.100. The Morgan fingerprint density at radius 1 is 1.35 bits per heavy atom. The third-order valence-electron chi connectivity index (χ3n) is 4.13. The number of nitrogens with two attached hydrogens (primary N) is 1. The normalized spacial score (nSPS) is 26.6. The van der Waals surface area contributed by atoms with Crippen molar-refractivity contribution < 1.29 is 14.3 Å². The molecular weight excluding hydrogens is 258 g/mol. The van der Waals surface area contributed by atoms with Gasteiger partial charge in [-0.2, -0.15) is 0 Å². The van der Waals surface area contributed by atoms with Crippen LogP contribution in [0.25, 0.3) is 0 Å². The Hall–Kier alpha value is -0.690. The fourth-order valence-electron chi connectivity index (χ4n) is 2.54. The van der Waals surface area contributed by atoms with Crippen molar-refractivity contribution in [3.8, 4) is 0 Å². The third kappa shape index (κ3) is 4.41. The van der Waals surface area contributed by atoms with Crippen LogP contribution in [0.4, 0.5) is 0 Å². The summed E-state index contributed by atoms with van der Waals surface area (Å²) in [5.74, 6) is -0.295. The fraction of sp³-hybridized carbons (Fsp3) is 0.929. The number of rotatable bonds is 9. The maximum Gasteiger partial charge on any atom is 0.237 e. The number of carbonyl (C=O) groups excluding carboxylic acids is 1. The molecule has 118 valence electrons. The zero-order valence-corrected chi connectivity index (χ0v) is 13.1. The van der Waals surface area contributed by atoms with E-state index in [-0.39, 0.29) is 18.1 Å². The van der Waals surface area contributed by atoms with Gasteiger partial charge in [-0.3, -0.25) is 9.69 Å². The zero-order chi connectivity index (χ0) is 15.2. The Labute approximate surface area is 122 Å². The summed E-state index contributed by atoms with van der Waals surface area (Å²) in [6.07, 6.45) is 1.87. The molecule has 1 amide bonds. The average Bonchev–Trinajstić information content (AvgIpc) is 2.85. The predicted octanol–water partition coefficient (Wildman–Crippen LogP) is -0.0343. The summed E-state index contributed by atoms with van der Waals surface area (Å²) < 4.78 is 10.8. The molecule has 0 spiro atoms. The Bertz CT molecular complexity index is 302. The van der Waals surface area contributed by atoms with Crippen molar-refractivity contribution in [2.75, 3.05) is 40.4 Å². The van der Waals surface area contributed by atoms with Crippen LogP contribution >= 0.6 is 0 Å². The minimum atomic E-state index is -0.649. The number of amides is 1. The Balaban J connectivity index is 2.50. The number of hydrogen-bond donors (Lipinski definition) is 2. The average molecular weight is 287 g/mol. The van der Waals surface area contributed by atoms with Crippen LogP contribution in [0.1, 0.15) is 26.7 Å². The lowest BCUT2D eigenvalue weighted by molar-refractivity contribution is -0.124. The topological polar surface area (TPSA) is 76.8 Å². The van der Waals surface area contributed by atoms with E-state index in [1.807, 2.05) is 6.92 Å². The molecule has 1 saturated heterocycles. The molecule has 20 heavy (non-hydrogen) atoms. The van der Waals surface area contributed by atoms with Crippen LogP contribution in [0.2, 0.25) is 0 Å². The number of primary amides is 1. The van der Waals surface area contributed by atoms with Gasteiger partial charge in [-0.15, -0.1) is 0 Å². The monoisotopic (exact) mass is 287 g/mol. The van der Waals surface area contributed by atoms with E-state index in [4.69, 9.17) is 15.2 Å². The van der Waals surface area contributed by atoms with E-state index >= 15 is 0 Å². The molecule has 1 aliphatic rings. The highest BCUT2D eigenvalue weighted by molar-refractivity contribution is 5.84. The van der Waals surface area contributed by atoms with Crippen LogP contribution in [-0.4, -0.2) is 69.0 Å². The van der Waals surface area contributed by atoms with Gasteiger partial charge >= 0.3 is 0 Å². The van der Waals surface area contributed by atoms with Gasteiger partial charge in [-0.05, 0) is 26.3 Å². The van der Waals surface area contributed by atoms with Crippen molar-refractivity contribution in [1.29, 1.82) is 0 Å². The second-order valence-electron chi connectivity index (χ2n) is 5.68. The van der Waals surface area contributed by atoms with Crippen molar-refractivity contribution in [1.82, 2.24) is 10.2 Å². The van der Waals surface area contributed by atoms with Gasteiger partial charge in [0.2, 0.25) is 5.91 Å². The number of ether oxygens (including phenoxy) is 2. The summed E-state index contributed by atoms with van der Waals surface area (Å²) in [5, 5.41) is 3.26. The quantitative estimate of drug-likeness (QED) is 0.622. The second kappa shape index (κ2) is 7.93. The summed E-state index contributed by atoms with van der Waals surface area (Å²) in [6.45, 7) is 7.20. The van der Waals surface area contributed by atoms with Crippen LogP contribution in [0.3, 0.4) is 0 Å². The lowest BCUT2D eigenvalue weighted by atomic mass is 9.96. The number of carbonyl (C=O) groups is 1. The molecule has 1 heterocycles. The van der Waals surface area contributed by atoms with Crippen LogP contribution in [0.15, 0.2) is 0 Å². The van der Waals surface area contributed by atoms with Crippen molar-refractivity contribution in [3.05, 3.63) is 0 Å². The molecule has 0 aromatic carbocycles. The first kappa shape index (κ1) is 17.4. The van der Waals surface area contributed by atoms with Crippen LogP contribution in [0.5, 0.6) is 0 Å². The second-order valence-corrected chi connectivity index (χ2v) is 5.68. The first-order valence-electron chi connectivity index (χ1n) is 7.29. The van der Waals surface area contributed by atoms with Crippen molar-refractivity contribution in [2.45, 2.75) is 44.4 Å². The molecule has 6 nitrogen and oxygen atoms in total. The highest BCUT2D eigenvalue weighted by atomic mass is 16.5. The SMILES string of the molecule is CCCNC(C)(CCN1CC(OC)C(OC)C1)C(N)=O. The molecule has 0 aromatic heterocycles. The third-order valence-corrected chi connectivity index (χ3v) is 4.13. The molecule has 0 aromatic rings. The Morgan fingerprint density at radius 2 is 1.90 bits per heavy atom. The molecule has 3 atom stereocenters. The smallest absolute Gasteiger partial charge is 0.237 e. The van der Waals surface area contributed by atoms with Gasteiger partial charge in [0.1, 0.15) is 0 Å². The van der Waals surface area contributed by atoms with Gasteiger partial charge in [0, 0.05) is 33.9 Å². The van der Waals surface area contributed by atoms with Crippen molar-refractivity contribution >= 4 is 5.91 Å². The molecule has 3 N–H and O–H groups in total. The zero-order valence-electron chi connectivity index (χ0n) is 13.1. The maximum atomic E-state index is 11.7. The van der Waals surface area contributed by atoms with Crippen LogP contribution in [-0.2, 0) is 14.3 Å². The highest BCUT2D eigenvalue weighted by Crippen LogP contribution is 2.18. The summed E-state index contributed by atoms with van der Waals surface area (Å²) in [5.41, 5.74) is 4.89. The van der Waals surface area contributed by atoms with E-state index in [9.17, 15) is 4.79 Å². The summed E-state index contributed by atoms with van der Waals surface area (Å²) in [6, 6.07) is 0. The maximum absolute atomic E-state index is 11.7. The van der Waals surface area contributed by atoms with Crippen molar-refractivity contribution in [3.63, 3.8) is 0 Å². The first-order chi connectivity index (χ1) is 9.46. The number of likely N-dealkylation sites (tertiary alicyclic amines) is 1. The lowest BCUT2D eigenvalue weighted by Crippen LogP contribution is -2.54. The van der Waals surface area contributed by atoms with E-state index < -0.39 is 5.54 Å². The first-order valence-corrected chi connectivity index (χ1v) is 7.29. The van der Waals surface area contributed by atoms with Gasteiger partial charge in [0.25, 0.3) is 0 Å². The molecule has 0 saturated carbocycles. The van der Waals surface area contributed by atoms with E-state index in [1.54, 1.807) is 14.2 Å². The highest BCUT2D eigenvalue weighted by Gasteiger charge is 2.35. The number of nitrogens with zero attached hydrogens (tertiary/aromatic N) is 1. The van der Waals surface area contributed by atoms with E-state index in [0.29, 0.717) is 6.42 Å². The molecular formula is C14H29N3O3. The summed E-state index contributed by atoms with van der Waals surface area (Å²) in [4.78, 5) is 13.9. The number of hydrogen-bond acceptors (Lipinski definition) is 5. The number of methoxy groups -OCH3 is 2. The van der Waals surface area contributed by atoms with Crippen molar-refractivity contribution in [2.24, 2.45) is 5.73 Å². The van der Waals surface area contributed by atoms with Gasteiger partial charge in [-0.1, -0.05) is 6.92 Å². The predicted molar refractivity (Wildman–Crippen MR) is 78.5 cm³/mol. The Morgan fingerprint density at radius 3 is 2.30 bits per heavy atom. The summed E-state index contributed by atoms with van der Waals surface area (Å²) in [7, 11) is 3.41. The molecule has 1 fully saturated rings. The molecule has 1 rings (SSSR count). The number of nitrogens with one attached hydrogen (secondary N) is 1. The molecule has 6 heteroatoms. The van der Waals surface area contributed by atoms with E-state index in [2.05, 4.69) is 17.1 Å². The molecule has 1 aliphatic heterocycles. The van der Waals surface area contributed by atoms with Crippen LogP contribution in [0, 0.1) is 0 Å². The van der Waals surface area contributed by atoms with E-state index in [1.165, 1.54) is 0 Å². The van der Waals surface area contributed by atoms with Crippen LogP contribution < -0.4 is 11.1 Å². The standard InChI is InChI=1S/C14H29N3O3/c1-5-7-16-14(2,13(15)18)6-8-17-9-11(19-3)12(10-17)20-4/h11-12,16H,5-10H2,1-4H3,(H2,15,18). The van der Waals surface area contributed by atoms with Gasteiger partial charge in [-0.25, -0.2) is 0 Å². The molecule has 0 aliphatic carbocycles.